The van der Waals surface area contributed by atoms with Crippen LogP contribution in [0.3, 0.4) is 0 Å². The van der Waals surface area contributed by atoms with E-state index in [2.05, 4.69) is 19.1 Å². The zero-order chi connectivity index (χ0) is 17.9. The summed E-state index contributed by atoms with van der Waals surface area (Å²) in [7, 11) is 0. The molecule has 1 unspecified atom stereocenters. The number of rotatable bonds is 18. The molecule has 0 saturated heterocycles. The van der Waals surface area contributed by atoms with E-state index in [-0.39, 0.29) is 0 Å². The van der Waals surface area contributed by atoms with Gasteiger partial charge in [-0.1, -0.05) is 77.4 Å². The van der Waals surface area contributed by atoms with Gasteiger partial charge in [-0.05, 0) is 38.5 Å². The van der Waals surface area contributed by atoms with Crippen LogP contribution in [-0.2, 0) is 9.53 Å². The van der Waals surface area contributed by atoms with Crippen LogP contribution in [0.25, 0.3) is 0 Å². The summed E-state index contributed by atoms with van der Waals surface area (Å²) in [6.45, 7) is 4.80. The average molecular weight is 341 g/mol. The lowest BCUT2D eigenvalue weighted by atomic mass is 10.1. The second-order valence-corrected chi connectivity index (χ2v) is 6.72. The Balaban J connectivity index is 3.37. The van der Waals surface area contributed by atoms with E-state index < -0.39 is 12.1 Å². The molecule has 0 aliphatic heterocycles. The van der Waals surface area contributed by atoms with Crippen molar-refractivity contribution in [2.24, 2.45) is 0 Å². The zero-order valence-electron chi connectivity index (χ0n) is 16.1. The van der Waals surface area contributed by atoms with Crippen LogP contribution in [0.2, 0.25) is 0 Å². The Bertz CT molecular complexity index is 299. The molecule has 0 aliphatic rings. The molecule has 0 fully saturated rings. The fraction of sp³-hybridized carbons (Fsp3) is 0.857. The predicted molar refractivity (Wildman–Crippen MR) is 103 cm³/mol. The third kappa shape index (κ3) is 16.0. The Kier molecular flexibility index (Phi) is 17.9. The van der Waals surface area contributed by atoms with Crippen LogP contribution in [-0.4, -0.2) is 23.8 Å². The molecule has 0 aromatic carbocycles. The molecular weight excluding hydrogens is 300 g/mol. The molecule has 0 aromatic rings. The topological polar surface area (TPSA) is 46.5 Å². The van der Waals surface area contributed by atoms with E-state index >= 15 is 0 Å². The molecule has 0 rings (SSSR count). The molecular formula is C21H40O3. The van der Waals surface area contributed by atoms with Gasteiger partial charge in [-0.3, -0.25) is 0 Å². The van der Waals surface area contributed by atoms with Crippen molar-refractivity contribution in [3.05, 3.63) is 12.2 Å². The molecule has 0 spiro atoms. The molecule has 1 N–H and O–H groups in total. The lowest BCUT2D eigenvalue weighted by Crippen LogP contribution is -2.24. The fourth-order valence-corrected chi connectivity index (χ4v) is 2.76. The minimum absolute atomic E-state index is 0.542. The predicted octanol–water partition coefficient (Wildman–Crippen LogP) is 6.51. The number of unbranched alkanes of at least 4 members (excludes halogenated alkanes) is 10. The number of carboxylic acids is 1. The van der Waals surface area contributed by atoms with Crippen LogP contribution >= 0.6 is 0 Å². The Hall–Kier alpha value is -0.830. The number of carboxylic acid groups (broad SMARTS) is 1. The summed E-state index contributed by atoms with van der Waals surface area (Å²) in [4.78, 5) is 11.0. The molecule has 0 aliphatic carbocycles. The van der Waals surface area contributed by atoms with Gasteiger partial charge in [0, 0.05) is 6.61 Å². The third-order valence-corrected chi connectivity index (χ3v) is 4.28. The number of aliphatic carboxylic acids is 1. The third-order valence-electron chi connectivity index (χ3n) is 4.28. The normalized spacial score (nSPS) is 12.8. The van der Waals surface area contributed by atoms with Crippen LogP contribution in [0.1, 0.15) is 104 Å². The molecule has 0 amide bonds. The van der Waals surface area contributed by atoms with E-state index in [1.807, 2.05) is 6.92 Å². The Morgan fingerprint density at radius 1 is 0.833 bits per heavy atom. The van der Waals surface area contributed by atoms with Gasteiger partial charge in [0.1, 0.15) is 0 Å². The van der Waals surface area contributed by atoms with E-state index in [1.165, 1.54) is 57.8 Å². The molecule has 142 valence electrons. The summed E-state index contributed by atoms with van der Waals surface area (Å²) in [5.41, 5.74) is 0. The van der Waals surface area contributed by atoms with Gasteiger partial charge >= 0.3 is 5.97 Å². The van der Waals surface area contributed by atoms with Gasteiger partial charge < -0.3 is 9.84 Å². The average Bonchev–Trinajstić information content (AvgIpc) is 2.57. The van der Waals surface area contributed by atoms with Gasteiger partial charge in [0.15, 0.2) is 6.10 Å². The summed E-state index contributed by atoms with van der Waals surface area (Å²) in [6, 6.07) is 0. The molecule has 0 bridgehead atoms. The maximum Gasteiger partial charge on any atom is 0.332 e. The molecule has 0 heterocycles. The maximum absolute atomic E-state index is 11.0. The minimum Gasteiger partial charge on any atom is -0.479 e. The van der Waals surface area contributed by atoms with E-state index in [9.17, 15) is 4.79 Å². The first-order valence-electron chi connectivity index (χ1n) is 10.2. The van der Waals surface area contributed by atoms with E-state index in [0.717, 1.165) is 25.7 Å². The van der Waals surface area contributed by atoms with Crippen LogP contribution < -0.4 is 0 Å². The highest BCUT2D eigenvalue weighted by molar-refractivity contribution is 5.72. The Morgan fingerprint density at radius 3 is 1.92 bits per heavy atom. The van der Waals surface area contributed by atoms with Crippen molar-refractivity contribution < 1.29 is 14.6 Å². The van der Waals surface area contributed by atoms with Gasteiger partial charge in [-0.2, -0.15) is 0 Å². The molecule has 1 atom stereocenters. The van der Waals surface area contributed by atoms with Crippen LogP contribution in [0.5, 0.6) is 0 Å². The molecule has 0 aromatic heterocycles. The number of hydrogen-bond acceptors (Lipinski definition) is 2. The van der Waals surface area contributed by atoms with Gasteiger partial charge in [0.25, 0.3) is 0 Å². The van der Waals surface area contributed by atoms with Crippen LogP contribution in [0, 0.1) is 0 Å². The monoisotopic (exact) mass is 340 g/mol. The second-order valence-electron chi connectivity index (χ2n) is 6.72. The first-order valence-corrected chi connectivity index (χ1v) is 10.2. The number of allylic oxidation sites excluding steroid dienone is 2. The van der Waals surface area contributed by atoms with Gasteiger partial charge in [-0.25, -0.2) is 4.79 Å². The standard InChI is InChI=1S/C21H40O3/c1-3-5-6-7-8-9-10-11-12-13-14-15-16-17-18-20(21(22)23)24-19-4-2/h11-12,20H,3-10,13-19H2,1-2H3,(H,22,23)/b12-11-. The highest BCUT2D eigenvalue weighted by Gasteiger charge is 2.16. The van der Waals surface area contributed by atoms with Crippen molar-refractivity contribution in [2.75, 3.05) is 6.61 Å². The quantitative estimate of drug-likeness (QED) is 0.228. The van der Waals surface area contributed by atoms with Gasteiger partial charge in [0.05, 0.1) is 0 Å². The van der Waals surface area contributed by atoms with Crippen molar-refractivity contribution in [3.63, 3.8) is 0 Å². The van der Waals surface area contributed by atoms with Crippen molar-refractivity contribution >= 4 is 5.97 Å². The zero-order valence-corrected chi connectivity index (χ0v) is 16.1. The maximum atomic E-state index is 11.0. The summed E-state index contributed by atoms with van der Waals surface area (Å²) in [5, 5.41) is 9.07. The summed E-state index contributed by atoms with van der Waals surface area (Å²) < 4.78 is 5.36. The van der Waals surface area contributed by atoms with E-state index in [1.54, 1.807) is 0 Å². The number of hydrogen-bond donors (Lipinski definition) is 1. The smallest absolute Gasteiger partial charge is 0.332 e. The molecule has 3 nitrogen and oxygen atoms in total. The lowest BCUT2D eigenvalue weighted by molar-refractivity contribution is -0.150. The lowest BCUT2D eigenvalue weighted by Gasteiger charge is -2.12. The van der Waals surface area contributed by atoms with Gasteiger partial charge in [-0.15, -0.1) is 0 Å². The summed E-state index contributed by atoms with van der Waals surface area (Å²) >= 11 is 0. The first-order chi connectivity index (χ1) is 11.7. The molecule has 24 heavy (non-hydrogen) atoms. The minimum atomic E-state index is -0.818. The molecule has 3 heteroatoms. The van der Waals surface area contributed by atoms with E-state index in [4.69, 9.17) is 9.84 Å². The van der Waals surface area contributed by atoms with E-state index in [0.29, 0.717) is 13.0 Å². The summed E-state index contributed by atoms with van der Waals surface area (Å²) in [6.07, 6.45) is 20.6. The summed E-state index contributed by atoms with van der Waals surface area (Å²) in [5.74, 6) is -0.818. The van der Waals surface area contributed by atoms with Gasteiger partial charge in [0.2, 0.25) is 0 Å². The molecule has 0 saturated carbocycles. The highest BCUT2D eigenvalue weighted by atomic mass is 16.5. The highest BCUT2D eigenvalue weighted by Crippen LogP contribution is 2.11. The Labute approximate surface area is 149 Å². The number of carbonyl (C=O) groups is 1. The largest absolute Gasteiger partial charge is 0.479 e. The fourth-order valence-electron chi connectivity index (χ4n) is 2.76. The molecule has 0 radical (unpaired) electrons. The van der Waals surface area contributed by atoms with Crippen LogP contribution in [0.4, 0.5) is 0 Å². The number of ether oxygens (including phenoxy) is 1. The second kappa shape index (κ2) is 18.5. The first kappa shape index (κ1) is 23.2. The van der Waals surface area contributed by atoms with Crippen molar-refractivity contribution in [3.8, 4) is 0 Å². The SMILES string of the molecule is CCCCCCCC/C=C\CCCCCCC(OCCC)C(=O)O. The van der Waals surface area contributed by atoms with Crippen molar-refractivity contribution in [1.29, 1.82) is 0 Å². The Morgan fingerprint density at radius 2 is 1.38 bits per heavy atom. The van der Waals surface area contributed by atoms with Crippen molar-refractivity contribution in [1.82, 2.24) is 0 Å². The van der Waals surface area contributed by atoms with Crippen molar-refractivity contribution in [2.45, 2.75) is 110 Å². The van der Waals surface area contributed by atoms with Crippen LogP contribution in [0.15, 0.2) is 12.2 Å².